The van der Waals surface area contributed by atoms with Crippen molar-refractivity contribution < 1.29 is 9.90 Å². The van der Waals surface area contributed by atoms with E-state index in [1.54, 1.807) is 6.92 Å². The predicted octanol–water partition coefficient (Wildman–Crippen LogP) is 1.37. The van der Waals surface area contributed by atoms with Crippen LogP contribution in [-0.4, -0.2) is 17.0 Å². The molecule has 0 aliphatic heterocycles. The summed E-state index contributed by atoms with van der Waals surface area (Å²) in [7, 11) is 0. The van der Waals surface area contributed by atoms with Crippen LogP contribution in [0.4, 0.5) is 0 Å². The van der Waals surface area contributed by atoms with Gasteiger partial charge in [-0.15, -0.1) is 0 Å². The summed E-state index contributed by atoms with van der Waals surface area (Å²) in [5.41, 5.74) is 0. The van der Waals surface area contributed by atoms with Crippen molar-refractivity contribution in [3.05, 3.63) is 0 Å². The zero-order chi connectivity index (χ0) is 8.15. The monoisotopic (exact) mass is 144 g/mol. The van der Waals surface area contributed by atoms with Crippen LogP contribution in [0.2, 0.25) is 0 Å². The Labute approximate surface area is 62.2 Å². The summed E-state index contributed by atoms with van der Waals surface area (Å²) in [6.45, 7) is 5.48. The summed E-state index contributed by atoms with van der Waals surface area (Å²) < 4.78 is 0. The van der Waals surface area contributed by atoms with Gasteiger partial charge in [-0.3, -0.25) is 4.79 Å². The maximum atomic E-state index is 11.0. The van der Waals surface area contributed by atoms with Crippen LogP contribution in [-0.2, 0) is 4.79 Å². The van der Waals surface area contributed by atoms with Crippen LogP contribution in [0.1, 0.15) is 33.6 Å². The van der Waals surface area contributed by atoms with Gasteiger partial charge in [0.25, 0.3) is 0 Å². The number of rotatable bonds is 4. The highest BCUT2D eigenvalue weighted by atomic mass is 16.3. The third-order valence-electron chi connectivity index (χ3n) is 1.85. The highest BCUT2D eigenvalue weighted by Gasteiger charge is 2.17. The molecule has 0 heterocycles. The van der Waals surface area contributed by atoms with Crippen LogP contribution in [0.5, 0.6) is 0 Å². The summed E-state index contributed by atoms with van der Waals surface area (Å²) in [4.78, 5) is 11.0. The number of aliphatic hydroxyl groups is 1. The third kappa shape index (κ3) is 2.48. The maximum Gasteiger partial charge on any atom is 0.138 e. The van der Waals surface area contributed by atoms with Gasteiger partial charge in [-0.25, -0.2) is 0 Å². The van der Waals surface area contributed by atoms with Gasteiger partial charge in [0.15, 0.2) is 0 Å². The van der Waals surface area contributed by atoms with E-state index >= 15 is 0 Å². The molecule has 2 heteroatoms. The molecule has 0 aliphatic carbocycles. The Bertz CT molecular complexity index is 110. The van der Waals surface area contributed by atoms with E-state index in [1.165, 1.54) is 0 Å². The van der Waals surface area contributed by atoms with Gasteiger partial charge in [0.05, 0.1) is 6.10 Å². The van der Waals surface area contributed by atoms with Gasteiger partial charge < -0.3 is 5.11 Å². The van der Waals surface area contributed by atoms with E-state index in [0.29, 0.717) is 12.8 Å². The van der Waals surface area contributed by atoms with Crippen molar-refractivity contribution in [2.45, 2.75) is 39.7 Å². The molecule has 0 aliphatic rings. The van der Waals surface area contributed by atoms with Gasteiger partial charge in [-0.2, -0.15) is 0 Å². The van der Waals surface area contributed by atoms with Gasteiger partial charge in [-0.1, -0.05) is 20.8 Å². The Morgan fingerprint density at radius 1 is 1.50 bits per heavy atom. The lowest BCUT2D eigenvalue weighted by molar-refractivity contribution is -0.125. The number of Topliss-reactive ketones (excluding diaryl/α,β-unsaturated/α-hetero) is 1. The highest BCUT2D eigenvalue weighted by molar-refractivity contribution is 5.80. The molecule has 0 saturated heterocycles. The Morgan fingerprint density at radius 3 is 2.30 bits per heavy atom. The van der Waals surface area contributed by atoms with E-state index < -0.39 is 6.10 Å². The predicted molar refractivity (Wildman–Crippen MR) is 40.8 cm³/mol. The zero-order valence-electron chi connectivity index (χ0n) is 6.92. The van der Waals surface area contributed by atoms with E-state index in [1.807, 2.05) is 13.8 Å². The second-order valence-corrected chi connectivity index (χ2v) is 2.58. The molecule has 0 amide bonds. The quantitative estimate of drug-likeness (QED) is 0.647. The molecule has 0 aromatic rings. The van der Waals surface area contributed by atoms with E-state index in [2.05, 4.69) is 0 Å². The number of carbonyl (C=O) groups excluding carboxylic acids is 1. The normalized spacial score (nSPS) is 16.4. The Kier molecular flexibility index (Phi) is 4.28. The second kappa shape index (κ2) is 4.45. The molecule has 0 bridgehead atoms. The fraction of sp³-hybridized carbons (Fsp3) is 0.875. The van der Waals surface area contributed by atoms with Crippen LogP contribution in [0.15, 0.2) is 0 Å². The molecule has 2 atom stereocenters. The van der Waals surface area contributed by atoms with Crippen LogP contribution in [0, 0.1) is 5.92 Å². The average molecular weight is 144 g/mol. The summed E-state index contributed by atoms with van der Waals surface area (Å²) in [6, 6.07) is 0. The largest absolute Gasteiger partial charge is 0.392 e. The molecule has 60 valence electrons. The summed E-state index contributed by atoms with van der Waals surface area (Å²) in [5, 5.41) is 9.21. The summed E-state index contributed by atoms with van der Waals surface area (Å²) in [5.74, 6) is -0.0376. The zero-order valence-corrected chi connectivity index (χ0v) is 6.92. The topological polar surface area (TPSA) is 37.3 Å². The van der Waals surface area contributed by atoms with Crippen molar-refractivity contribution in [3.63, 3.8) is 0 Å². The maximum absolute atomic E-state index is 11.0. The molecule has 0 unspecified atom stereocenters. The van der Waals surface area contributed by atoms with Gasteiger partial charge in [0.2, 0.25) is 0 Å². The Morgan fingerprint density at radius 2 is 2.00 bits per heavy atom. The molecule has 2 nitrogen and oxygen atoms in total. The van der Waals surface area contributed by atoms with E-state index in [9.17, 15) is 9.90 Å². The Balaban J connectivity index is 3.81. The first-order chi connectivity index (χ1) is 4.63. The lowest BCUT2D eigenvalue weighted by Gasteiger charge is -2.14. The number of hydrogen-bond donors (Lipinski definition) is 1. The molecule has 0 spiro atoms. The highest BCUT2D eigenvalue weighted by Crippen LogP contribution is 2.08. The van der Waals surface area contributed by atoms with Crippen molar-refractivity contribution in [3.8, 4) is 0 Å². The first kappa shape index (κ1) is 9.63. The lowest BCUT2D eigenvalue weighted by Crippen LogP contribution is -2.24. The molecule has 10 heavy (non-hydrogen) atoms. The minimum absolute atomic E-state index is 0.148. The number of ketones is 1. The van der Waals surface area contributed by atoms with Crippen LogP contribution >= 0.6 is 0 Å². The molecule has 0 fully saturated rings. The van der Waals surface area contributed by atoms with Crippen molar-refractivity contribution in [1.82, 2.24) is 0 Å². The van der Waals surface area contributed by atoms with E-state index in [4.69, 9.17) is 0 Å². The van der Waals surface area contributed by atoms with E-state index in [0.717, 1.165) is 0 Å². The van der Waals surface area contributed by atoms with Crippen LogP contribution < -0.4 is 0 Å². The first-order valence-corrected chi connectivity index (χ1v) is 3.84. The number of carbonyl (C=O) groups is 1. The van der Waals surface area contributed by atoms with Gasteiger partial charge in [0, 0.05) is 12.3 Å². The molecule has 1 N–H and O–H groups in total. The minimum atomic E-state index is -0.451. The minimum Gasteiger partial charge on any atom is -0.392 e. The summed E-state index contributed by atoms with van der Waals surface area (Å²) >= 11 is 0. The molecule has 0 aromatic heterocycles. The first-order valence-electron chi connectivity index (χ1n) is 3.84. The molecular formula is C8H16O2. The standard InChI is InChI=1S/C8H16O2/c1-4-7(9)6(3)8(10)5-2/h6-7,9H,4-5H2,1-3H3/t6-,7+/m1/s1. The number of hydrogen-bond acceptors (Lipinski definition) is 2. The van der Waals surface area contributed by atoms with Crippen molar-refractivity contribution >= 4 is 5.78 Å². The van der Waals surface area contributed by atoms with Gasteiger partial charge in [-0.05, 0) is 6.42 Å². The van der Waals surface area contributed by atoms with Crippen molar-refractivity contribution in [1.29, 1.82) is 0 Å². The molecule has 0 aromatic carbocycles. The second-order valence-electron chi connectivity index (χ2n) is 2.58. The van der Waals surface area contributed by atoms with Gasteiger partial charge in [0.1, 0.15) is 5.78 Å². The van der Waals surface area contributed by atoms with Crippen molar-refractivity contribution in [2.24, 2.45) is 5.92 Å². The molecular weight excluding hydrogens is 128 g/mol. The summed E-state index contributed by atoms with van der Waals surface area (Å²) in [6.07, 6.45) is 0.734. The molecule has 0 radical (unpaired) electrons. The fourth-order valence-corrected chi connectivity index (χ4v) is 0.890. The lowest BCUT2D eigenvalue weighted by atomic mass is 9.96. The van der Waals surface area contributed by atoms with E-state index in [-0.39, 0.29) is 11.7 Å². The van der Waals surface area contributed by atoms with Crippen molar-refractivity contribution in [2.75, 3.05) is 0 Å². The average Bonchev–Trinajstić information content (AvgIpc) is 2.00. The molecule has 0 rings (SSSR count). The Hall–Kier alpha value is -0.370. The van der Waals surface area contributed by atoms with Crippen LogP contribution in [0.3, 0.4) is 0 Å². The SMILES string of the molecule is CCC(=O)[C@H](C)[C@@H](O)CC. The fourth-order valence-electron chi connectivity index (χ4n) is 0.890. The third-order valence-corrected chi connectivity index (χ3v) is 1.85. The van der Waals surface area contributed by atoms with Crippen LogP contribution in [0.25, 0.3) is 0 Å². The number of aliphatic hydroxyl groups excluding tert-OH is 1. The molecule has 0 saturated carbocycles. The van der Waals surface area contributed by atoms with Gasteiger partial charge >= 0.3 is 0 Å². The smallest absolute Gasteiger partial charge is 0.138 e.